The number of hydrogen-bond acceptors (Lipinski definition) is 2. The molecule has 1 heterocycles. The zero-order chi connectivity index (χ0) is 6.69. The standard InChI is InChI=1S/C7H9N2/c1-9(2)7-5-3-4-6-8-7/h3,5-6H,1-2H3. The van der Waals surface area contributed by atoms with E-state index in [2.05, 4.69) is 11.1 Å². The number of rotatable bonds is 1. The van der Waals surface area contributed by atoms with E-state index in [0.717, 1.165) is 5.82 Å². The molecule has 2 nitrogen and oxygen atoms in total. The summed E-state index contributed by atoms with van der Waals surface area (Å²) in [6.45, 7) is 0. The van der Waals surface area contributed by atoms with Crippen LogP contribution in [0.3, 0.4) is 0 Å². The topological polar surface area (TPSA) is 16.1 Å². The Bertz CT molecular complexity index is 170. The van der Waals surface area contributed by atoms with Gasteiger partial charge in [0.1, 0.15) is 5.82 Å². The van der Waals surface area contributed by atoms with Crippen molar-refractivity contribution in [2.75, 3.05) is 19.0 Å². The third-order valence-electron chi connectivity index (χ3n) is 1.06. The molecule has 0 amide bonds. The Balaban J connectivity index is 2.85. The van der Waals surface area contributed by atoms with Gasteiger partial charge in [-0.1, -0.05) is 0 Å². The highest BCUT2D eigenvalue weighted by molar-refractivity contribution is 5.34. The van der Waals surface area contributed by atoms with Crippen LogP contribution in [0.5, 0.6) is 0 Å². The molecule has 0 bridgehead atoms. The third kappa shape index (κ3) is 1.42. The van der Waals surface area contributed by atoms with Crippen LogP contribution in [0, 0.1) is 6.07 Å². The first-order chi connectivity index (χ1) is 4.30. The lowest BCUT2D eigenvalue weighted by molar-refractivity contribution is 1.07. The van der Waals surface area contributed by atoms with Crippen molar-refractivity contribution < 1.29 is 0 Å². The molecule has 0 spiro atoms. The Labute approximate surface area is 55.1 Å². The lowest BCUT2D eigenvalue weighted by Crippen LogP contribution is -2.09. The highest BCUT2D eigenvalue weighted by Crippen LogP contribution is 2.01. The minimum atomic E-state index is 0.966. The third-order valence-corrected chi connectivity index (χ3v) is 1.06. The van der Waals surface area contributed by atoms with Gasteiger partial charge in [-0.3, -0.25) is 0 Å². The minimum Gasteiger partial charge on any atom is -0.363 e. The van der Waals surface area contributed by atoms with Gasteiger partial charge in [0.05, 0.1) is 0 Å². The number of anilines is 1. The molecule has 0 aliphatic rings. The molecule has 1 aromatic rings. The second-order valence-electron chi connectivity index (χ2n) is 2.01. The average molecular weight is 121 g/mol. The van der Waals surface area contributed by atoms with Crippen LogP contribution in [0.1, 0.15) is 0 Å². The molecule has 1 rings (SSSR count). The van der Waals surface area contributed by atoms with Crippen LogP contribution in [-0.4, -0.2) is 19.1 Å². The first kappa shape index (κ1) is 6.08. The molecule has 0 fully saturated rings. The van der Waals surface area contributed by atoms with E-state index in [1.165, 1.54) is 0 Å². The SMILES string of the molecule is CN(C)c1cc[c]cn1. The van der Waals surface area contributed by atoms with Crippen LogP contribution in [0.25, 0.3) is 0 Å². The lowest BCUT2D eigenvalue weighted by Gasteiger charge is -2.08. The van der Waals surface area contributed by atoms with Gasteiger partial charge in [-0.25, -0.2) is 4.98 Å². The molecule has 0 saturated heterocycles. The summed E-state index contributed by atoms with van der Waals surface area (Å²) in [6, 6.07) is 6.62. The van der Waals surface area contributed by atoms with Gasteiger partial charge in [0.15, 0.2) is 0 Å². The first-order valence-corrected chi connectivity index (χ1v) is 2.80. The smallest absolute Gasteiger partial charge is 0.127 e. The van der Waals surface area contributed by atoms with Gasteiger partial charge >= 0.3 is 0 Å². The van der Waals surface area contributed by atoms with Crippen molar-refractivity contribution in [2.24, 2.45) is 0 Å². The van der Waals surface area contributed by atoms with Crippen molar-refractivity contribution >= 4 is 5.82 Å². The summed E-state index contributed by atoms with van der Waals surface area (Å²) < 4.78 is 0. The van der Waals surface area contributed by atoms with Crippen LogP contribution in [0.2, 0.25) is 0 Å². The summed E-state index contributed by atoms with van der Waals surface area (Å²) in [4.78, 5) is 6.00. The minimum absolute atomic E-state index is 0.966. The second kappa shape index (κ2) is 2.49. The molecule has 1 radical (unpaired) electrons. The molecular formula is C7H9N2. The number of aromatic nitrogens is 1. The van der Waals surface area contributed by atoms with E-state index in [0.29, 0.717) is 0 Å². The lowest BCUT2D eigenvalue weighted by atomic mass is 10.4. The molecule has 0 aliphatic carbocycles. The van der Waals surface area contributed by atoms with Crippen molar-refractivity contribution in [3.63, 3.8) is 0 Å². The molecule has 9 heavy (non-hydrogen) atoms. The maximum absolute atomic E-state index is 4.05. The molecule has 0 saturated carbocycles. The highest BCUT2D eigenvalue weighted by atomic mass is 15.1. The van der Waals surface area contributed by atoms with Crippen LogP contribution >= 0.6 is 0 Å². The number of nitrogens with zero attached hydrogens (tertiary/aromatic N) is 2. The van der Waals surface area contributed by atoms with Crippen molar-refractivity contribution in [1.29, 1.82) is 0 Å². The van der Waals surface area contributed by atoms with Crippen LogP contribution in [0.15, 0.2) is 18.3 Å². The summed E-state index contributed by atoms with van der Waals surface area (Å²) in [5.74, 6) is 0.966. The van der Waals surface area contributed by atoms with Crippen LogP contribution < -0.4 is 4.90 Å². The number of hydrogen-bond donors (Lipinski definition) is 0. The van der Waals surface area contributed by atoms with Gasteiger partial charge in [-0.2, -0.15) is 0 Å². The second-order valence-corrected chi connectivity index (χ2v) is 2.01. The average Bonchev–Trinajstić information content (AvgIpc) is 1.90. The molecule has 47 valence electrons. The monoisotopic (exact) mass is 121 g/mol. The van der Waals surface area contributed by atoms with Crippen molar-refractivity contribution in [3.8, 4) is 0 Å². The number of pyridine rings is 1. The van der Waals surface area contributed by atoms with Gasteiger partial charge in [0.2, 0.25) is 0 Å². The summed E-state index contributed by atoms with van der Waals surface area (Å²) in [5, 5.41) is 0. The van der Waals surface area contributed by atoms with Crippen LogP contribution in [0.4, 0.5) is 5.82 Å². The van der Waals surface area contributed by atoms with Crippen LogP contribution in [-0.2, 0) is 0 Å². The first-order valence-electron chi connectivity index (χ1n) is 2.80. The molecule has 0 aromatic carbocycles. The highest BCUT2D eigenvalue weighted by Gasteiger charge is 1.89. The molecule has 0 unspecified atom stereocenters. The van der Waals surface area contributed by atoms with Gasteiger partial charge < -0.3 is 4.90 Å². The Morgan fingerprint density at radius 1 is 1.56 bits per heavy atom. The quantitative estimate of drug-likeness (QED) is 0.550. The Morgan fingerprint density at radius 3 is 2.67 bits per heavy atom. The fraction of sp³-hybridized carbons (Fsp3) is 0.286. The summed E-state index contributed by atoms with van der Waals surface area (Å²) in [7, 11) is 3.92. The largest absolute Gasteiger partial charge is 0.363 e. The molecule has 1 aromatic heterocycles. The van der Waals surface area contributed by atoms with Gasteiger partial charge in [0, 0.05) is 26.4 Å². The summed E-state index contributed by atoms with van der Waals surface area (Å²) >= 11 is 0. The predicted octanol–water partition coefficient (Wildman–Crippen LogP) is 0.948. The molecule has 2 heteroatoms. The summed E-state index contributed by atoms with van der Waals surface area (Å²) in [5.41, 5.74) is 0. The Morgan fingerprint density at radius 2 is 2.33 bits per heavy atom. The zero-order valence-corrected chi connectivity index (χ0v) is 5.63. The maximum Gasteiger partial charge on any atom is 0.127 e. The Hall–Kier alpha value is -1.05. The maximum atomic E-state index is 4.05. The zero-order valence-electron chi connectivity index (χ0n) is 5.63. The summed E-state index contributed by atoms with van der Waals surface area (Å²) in [6.07, 6.45) is 1.66. The molecule has 0 atom stereocenters. The normalized spacial score (nSPS) is 9.11. The van der Waals surface area contributed by atoms with E-state index in [4.69, 9.17) is 0 Å². The Kier molecular flexibility index (Phi) is 1.68. The fourth-order valence-electron chi connectivity index (χ4n) is 0.577. The van der Waals surface area contributed by atoms with Crippen molar-refractivity contribution in [2.45, 2.75) is 0 Å². The molecule has 0 aliphatic heterocycles. The van der Waals surface area contributed by atoms with E-state index in [1.54, 1.807) is 6.20 Å². The van der Waals surface area contributed by atoms with Gasteiger partial charge in [-0.15, -0.1) is 0 Å². The van der Waals surface area contributed by atoms with Crippen molar-refractivity contribution in [1.82, 2.24) is 4.98 Å². The van der Waals surface area contributed by atoms with Crippen molar-refractivity contribution in [3.05, 3.63) is 24.4 Å². The fourth-order valence-corrected chi connectivity index (χ4v) is 0.577. The predicted molar refractivity (Wildman–Crippen MR) is 37.4 cm³/mol. The van der Waals surface area contributed by atoms with E-state index in [9.17, 15) is 0 Å². The molecular weight excluding hydrogens is 112 g/mol. The van der Waals surface area contributed by atoms with E-state index >= 15 is 0 Å². The van der Waals surface area contributed by atoms with E-state index in [-0.39, 0.29) is 0 Å². The van der Waals surface area contributed by atoms with E-state index in [1.807, 2.05) is 31.1 Å². The van der Waals surface area contributed by atoms with Gasteiger partial charge in [0.25, 0.3) is 0 Å². The molecule has 0 N–H and O–H groups in total. The van der Waals surface area contributed by atoms with Gasteiger partial charge in [-0.05, 0) is 12.1 Å². The van der Waals surface area contributed by atoms with E-state index < -0.39 is 0 Å².